The van der Waals surface area contributed by atoms with Crippen LogP contribution >= 0.6 is 23.5 Å². The van der Waals surface area contributed by atoms with Crippen LogP contribution < -0.4 is 16.2 Å². The molecular formula is C13H10F3N5O5S2. The number of rotatable bonds is 4. The van der Waals surface area contributed by atoms with Gasteiger partial charge in [0.2, 0.25) is 17.7 Å². The predicted molar refractivity (Wildman–Crippen MR) is 89.7 cm³/mol. The lowest BCUT2D eigenvalue weighted by Crippen LogP contribution is -2.68. The second-order valence-electron chi connectivity index (χ2n) is 5.40. The van der Waals surface area contributed by atoms with E-state index in [4.69, 9.17) is 11.5 Å². The minimum atomic E-state index is -5.24. The van der Waals surface area contributed by atoms with Gasteiger partial charge in [0.15, 0.2) is 0 Å². The molecule has 10 nitrogen and oxygen atoms in total. The molecule has 28 heavy (non-hydrogen) atoms. The second kappa shape index (κ2) is 7.14. The number of carboxylic acid groups (broad SMARTS) is 1. The third-order valence-corrected chi connectivity index (χ3v) is 6.02. The van der Waals surface area contributed by atoms with E-state index < -0.39 is 47.3 Å². The molecule has 1 fully saturated rings. The summed E-state index contributed by atoms with van der Waals surface area (Å²) in [7, 11) is 0. The van der Waals surface area contributed by atoms with E-state index >= 15 is 0 Å². The molecule has 15 heteroatoms. The number of thioether (sulfide) groups is 2. The Morgan fingerprint density at radius 1 is 1.39 bits per heavy atom. The van der Waals surface area contributed by atoms with E-state index in [2.05, 4.69) is 14.7 Å². The van der Waals surface area contributed by atoms with Crippen LogP contribution in [0.25, 0.3) is 0 Å². The normalized spacial score (nSPS) is 21.9. The summed E-state index contributed by atoms with van der Waals surface area (Å²) in [6.07, 6.45) is -5.24. The molecule has 1 aromatic heterocycles. The van der Waals surface area contributed by atoms with Gasteiger partial charge in [0, 0.05) is 16.7 Å². The summed E-state index contributed by atoms with van der Waals surface area (Å²) in [6, 6.07) is 0.0892. The van der Waals surface area contributed by atoms with Crippen LogP contribution in [0.1, 0.15) is 0 Å². The van der Waals surface area contributed by atoms with E-state index in [-0.39, 0.29) is 21.4 Å². The molecule has 2 aliphatic heterocycles. The fourth-order valence-corrected chi connectivity index (χ4v) is 4.79. The number of hydrogen-bond acceptors (Lipinski definition) is 10. The largest absolute Gasteiger partial charge is 0.491 e. The molecule has 0 radical (unpaired) electrons. The van der Waals surface area contributed by atoms with E-state index in [9.17, 15) is 32.7 Å². The van der Waals surface area contributed by atoms with Crippen molar-refractivity contribution < 1.29 is 37.4 Å². The Balaban J connectivity index is 1.89. The van der Waals surface area contributed by atoms with Gasteiger partial charge in [-0.2, -0.15) is 18.2 Å². The minimum Gasteiger partial charge on any atom is -0.477 e. The second-order valence-corrected chi connectivity index (χ2v) is 7.62. The first kappa shape index (κ1) is 20.2. The third-order valence-electron chi connectivity index (χ3n) is 3.53. The number of carbonyl (C=O) groups excluding carboxylic acids is 2. The summed E-state index contributed by atoms with van der Waals surface area (Å²) in [6.45, 7) is 0. The fourth-order valence-electron chi connectivity index (χ4n) is 2.37. The monoisotopic (exact) mass is 437 g/mol. The van der Waals surface area contributed by atoms with Crippen molar-refractivity contribution in [3.63, 3.8) is 0 Å². The lowest BCUT2D eigenvalue weighted by molar-refractivity contribution is -0.190. The van der Waals surface area contributed by atoms with Crippen LogP contribution in [0.3, 0.4) is 0 Å². The molecule has 0 saturated carbocycles. The summed E-state index contributed by atoms with van der Waals surface area (Å²) in [5.41, 5.74) is 10.8. The van der Waals surface area contributed by atoms with Gasteiger partial charge in [0.25, 0.3) is 0 Å². The topological polar surface area (TPSA) is 162 Å². The predicted octanol–water partition coefficient (Wildman–Crippen LogP) is 0.157. The first-order valence-corrected chi connectivity index (χ1v) is 9.13. The Kier molecular flexibility index (Phi) is 5.16. The molecule has 0 bridgehead atoms. The number of carbonyl (C=O) groups is 3. The number of nitrogens with zero attached hydrogens (tertiary/aromatic N) is 3. The van der Waals surface area contributed by atoms with Crippen molar-refractivity contribution in [3.05, 3.63) is 16.7 Å². The van der Waals surface area contributed by atoms with Gasteiger partial charge in [-0.3, -0.25) is 9.69 Å². The van der Waals surface area contributed by atoms with Gasteiger partial charge in [0.05, 0.1) is 0 Å². The van der Waals surface area contributed by atoms with Crippen LogP contribution in [0.5, 0.6) is 5.88 Å². The number of fused-ring (bicyclic) bond motifs is 1. The molecule has 0 aromatic carbocycles. The van der Waals surface area contributed by atoms with Gasteiger partial charge >= 0.3 is 18.1 Å². The van der Waals surface area contributed by atoms with Gasteiger partial charge < -0.3 is 21.3 Å². The Morgan fingerprint density at radius 3 is 2.68 bits per heavy atom. The molecule has 150 valence electrons. The number of esters is 1. The number of amides is 1. The Bertz CT molecular complexity index is 909. The van der Waals surface area contributed by atoms with Crippen molar-refractivity contribution in [3.8, 4) is 5.88 Å². The minimum absolute atomic E-state index is 0.0671. The van der Waals surface area contributed by atoms with Crippen LogP contribution in [0, 0.1) is 0 Å². The smallest absolute Gasteiger partial charge is 0.477 e. The molecular weight excluding hydrogens is 427 g/mol. The number of anilines is 1. The summed E-state index contributed by atoms with van der Waals surface area (Å²) < 4.78 is 41.1. The zero-order chi connectivity index (χ0) is 20.8. The number of aliphatic carboxylic acids is 1. The Labute approximate surface area is 162 Å². The number of alkyl halides is 3. The maximum atomic E-state index is 12.3. The molecule has 2 atom stereocenters. The van der Waals surface area contributed by atoms with Crippen molar-refractivity contribution in [1.82, 2.24) is 14.9 Å². The molecule has 0 spiro atoms. The van der Waals surface area contributed by atoms with Gasteiger partial charge in [-0.05, 0) is 0 Å². The van der Waals surface area contributed by atoms with Crippen LogP contribution in [0.4, 0.5) is 19.1 Å². The zero-order valence-corrected chi connectivity index (χ0v) is 15.1. The Hall–Kier alpha value is -2.52. The average Bonchev–Trinajstić information content (AvgIpc) is 2.59. The first-order chi connectivity index (χ1) is 13.0. The number of ether oxygens (including phenoxy) is 1. The molecule has 3 rings (SSSR count). The van der Waals surface area contributed by atoms with Crippen LogP contribution in [0.2, 0.25) is 0 Å². The maximum absolute atomic E-state index is 12.3. The number of β-lactam (4-membered cyclic amide) rings is 1. The first-order valence-electron chi connectivity index (χ1n) is 7.27. The molecule has 1 amide bonds. The molecule has 0 unspecified atom stereocenters. The van der Waals surface area contributed by atoms with Crippen LogP contribution in [-0.4, -0.2) is 61.2 Å². The molecule has 5 N–H and O–H groups in total. The van der Waals surface area contributed by atoms with Crippen molar-refractivity contribution in [1.29, 1.82) is 0 Å². The lowest BCUT2D eigenvalue weighted by Gasteiger charge is -2.47. The van der Waals surface area contributed by atoms with E-state index in [1.807, 2.05) is 0 Å². The van der Waals surface area contributed by atoms with Gasteiger partial charge in [-0.25, -0.2) is 14.6 Å². The van der Waals surface area contributed by atoms with Crippen molar-refractivity contribution in [2.24, 2.45) is 5.73 Å². The highest BCUT2D eigenvalue weighted by atomic mass is 32.2. The lowest BCUT2D eigenvalue weighted by atomic mass is 10.1. The van der Waals surface area contributed by atoms with Gasteiger partial charge in [-0.15, -0.1) is 11.8 Å². The van der Waals surface area contributed by atoms with Crippen molar-refractivity contribution in [2.45, 2.75) is 22.6 Å². The highest BCUT2D eigenvalue weighted by Crippen LogP contribution is 2.44. The average molecular weight is 437 g/mol. The van der Waals surface area contributed by atoms with Crippen LogP contribution in [0.15, 0.2) is 21.7 Å². The van der Waals surface area contributed by atoms with E-state index in [0.29, 0.717) is 0 Å². The van der Waals surface area contributed by atoms with Gasteiger partial charge in [-0.1, -0.05) is 11.8 Å². The number of nitrogens with two attached hydrogens (primary N) is 2. The Morgan fingerprint density at radius 2 is 2.07 bits per heavy atom. The quantitative estimate of drug-likeness (QED) is 0.334. The number of nitrogen functional groups attached to an aromatic ring is 1. The highest BCUT2D eigenvalue weighted by molar-refractivity contribution is 8.06. The SMILES string of the molecule is Nc1nc(OC(=O)C(F)(F)F)cc(SC2=C(C(=O)O)N3C(=O)[C@@H](N)[C@H]3SC2)n1. The van der Waals surface area contributed by atoms with Gasteiger partial charge in [0.1, 0.15) is 22.1 Å². The summed E-state index contributed by atoms with van der Waals surface area (Å²) in [5.74, 6) is -5.51. The highest BCUT2D eigenvalue weighted by Gasteiger charge is 2.52. The van der Waals surface area contributed by atoms with E-state index in [1.54, 1.807) is 0 Å². The maximum Gasteiger partial charge on any atom is 0.491 e. The van der Waals surface area contributed by atoms with Crippen molar-refractivity contribution >= 4 is 47.3 Å². The standard InChI is InChI=1S/C13H10F3N5O5S2/c14-13(15,16)11(25)26-4-1-5(20-12(18)19-4)28-3-2-27-9-6(17)8(22)21(9)7(3)10(23)24/h1,6,9H,2,17H2,(H,23,24)(H2,18,19,20)/t6-,9-/m1/s1. The van der Waals surface area contributed by atoms with Crippen molar-refractivity contribution in [2.75, 3.05) is 11.5 Å². The molecule has 1 saturated heterocycles. The zero-order valence-electron chi connectivity index (χ0n) is 13.5. The molecule has 1 aromatic rings. The third kappa shape index (κ3) is 3.72. The van der Waals surface area contributed by atoms with Crippen LogP contribution in [-0.2, 0) is 14.4 Å². The van der Waals surface area contributed by atoms with E-state index in [1.165, 1.54) is 11.8 Å². The van der Waals surface area contributed by atoms with E-state index in [0.717, 1.165) is 22.7 Å². The number of aromatic nitrogens is 2. The fraction of sp³-hybridized carbons (Fsp3) is 0.308. The number of carboxylic acids is 1. The molecule has 3 heterocycles. The number of halogens is 3. The summed E-state index contributed by atoms with van der Waals surface area (Å²) in [4.78, 5) is 42.9. The summed E-state index contributed by atoms with van der Waals surface area (Å²) in [5, 5.41) is 8.88. The number of hydrogen-bond donors (Lipinski definition) is 3. The molecule has 0 aliphatic carbocycles. The molecule has 2 aliphatic rings. The summed E-state index contributed by atoms with van der Waals surface area (Å²) >= 11 is 1.97.